The van der Waals surface area contributed by atoms with E-state index in [2.05, 4.69) is 6.92 Å². The van der Waals surface area contributed by atoms with E-state index in [1.807, 2.05) is 6.92 Å². The number of aromatic carboxylic acids is 1. The quantitative estimate of drug-likeness (QED) is 0.722. The van der Waals surface area contributed by atoms with Crippen LogP contribution in [-0.2, 0) is 11.3 Å². The zero-order valence-corrected chi connectivity index (χ0v) is 10.9. The van der Waals surface area contributed by atoms with Gasteiger partial charge in [0.2, 0.25) is 0 Å². The normalized spacial score (nSPS) is 10.3. The van der Waals surface area contributed by atoms with Crippen LogP contribution in [0.3, 0.4) is 0 Å². The molecule has 0 atom stereocenters. The van der Waals surface area contributed by atoms with Gasteiger partial charge < -0.3 is 14.6 Å². The zero-order chi connectivity index (χ0) is 13.4. The molecule has 4 nitrogen and oxygen atoms in total. The molecule has 0 fully saturated rings. The van der Waals surface area contributed by atoms with Crippen molar-refractivity contribution in [1.29, 1.82) is 0 Å². The number of carbonyl (C=O) groups is 1. The van der Waals surface area contributed by atoms with Gasteiger partial charge in [0.15, 0.2) is 0 Å². The van der Waals surface area contributed by atoms with E-state index in [0.29, 0.717) is 25.6 Å². The summed E-state index contributed by atoms with van der Waals surface area (Å²) in [4.78, 5) is 10.9. The predicted octanol–water partition coefficient (Wildman–Crippen LogP) is 3.10. The van der Waals surface area contributed by atoms with E-state index in [4.69, 9.17) is 14.6 Å². The summed E-state index contributed by atoms with van der Waals surface area (Å²) >= 11 is 0. The fourth-order valence-corrected chi connectivity index (χ4v) is 1.55. The molecule has 0 bridgehead atoms. The Morgan fingerprint density at radius 2 is 2.11 bits per heavy atom. The molecule has 0 aliphatic heterocycles. The minimum atomic E-state index is -0.937. The molecule has 0 spiro atoms. The highest BCUT2D eigenvalue weighted by molar-refractivity contribution is 5.88. The van der Waals surface area contributed by atoms with Crippen LogP contribution in [0.5, 0.6) is 5.75 Å². The van der Waals surface area contributed by atoms with Crippen molar-refractivity contribution in [3.63, 3.8) is 0 Å². The highest BCUT2D eigenvalue weighted by atomic mass is 16.5. The molecule has 0 radical (unpaired) electrons. The Bertz CT molecular complexity index is 387. The van der Waals surface area contributed by atoms with Gasteiger partial charge in [-0.05, 0) is 31.5 Å². The molecule has 0 amide bonds. The van der Waals surface area contributed by atoms with Gasteiger partial charge in [0, 0.05) is 12.2 Å². The molecule has 0 heterocycles. The van der Waals surface area contributed by atoms with E-state index in [-0.39, 0.29) is 5.56 Å². The third-order valence-electron chi connectivity index (χ3n) is 2.51. The maximum Gasteiger partial charge on any atom is 0.335 e. The van der Waals surface area contributed by atoms with Crippen molar-refractivity contribution in [2.75, 3.05) is 13.2 Å². The Morgan fingerprint density at radius 3 is 2.72 bits per heavy atom. The molecule has 0 aliphatic rings. The van der Waals surface area contributed by atoms with Gasteiger partial charge in [-0.2, -0.15) is 0 Å². The van der Waals surface area contributed by atoms with Gasteiger partial charge in [-0.25, -0.2) is 4.79 Å². The number of hydrogen-bond donors (Lipinski definition) is 1. The smallest absolute Gasteiger partial charge is 0.335 e. The summed E-state index contributed by atoms with van der Waals surface area (Å²) in [6.07, 6.45) is 2.08. The molecule has 0 saturated heterocycles. The second-order valence-electron chi connectivity index (χ2n) is 3.97. The van der Waals surface area contributed by atoms with E-state index in [9.17, 15) is 4.79 Å². The minimum Gasteiger partial charge on any atom is -0.494 e. The summed E-state index contributed by atoms with van der Waals surface area (Å²) in [5.41, 5.74) is 1.04. The lowest BCUT2D eigenvalue weighted by molar-refractivity contribution is 0.0696. The molecule has 4 heteroatoms. The van der Waals surface area contributed by atoms with E-state index in [0.717, 1.165) is 18.4 Å². The molecule has 1 N–H and O–H groups in total. The number of hydrogen-bond acceptors (Lipinski definition) is 3. The average molecular weight is 252 g/mol. The maximum atomic E-state index is 10.9. The summed E-state index contributed by atoms with van der Waals surface area (Å²) in [6, 6.07) is 4.84. The molecule has 1 rings (SSSR count). The molecular formula is C14H20O4. The van der Waals surface area contributed by atoms with Gasteiger partial charge in [0.05, 0.1) is 18.8 Å². The molecular weight excluding hydrogens is 232 g/mol. The first-order valence-corrected chi connectivity index (χ1v) is 6.25. The first-order chi connectivity index (χ1) is 8.69. The predicted molar refractivity (Wildman–Crippen MR) is 69.1 cm³/mol. The summed E-state index contributed by atoms with van der Waals surface area (Å²) in [5.74, 6) is -0.244. The number of unbranched alkanes of at least 4 members (excludes halogenated alkanes) is 1. The SMILES string of the molecule is CCCCOCc1cc(C(=O)O)ccc1OCC. The lowest BCUT2D eigenvalue weighted by Gasteiger charge is -2.11. The van der Waals surface area contributed by atoms with Crippen LogP contribution in [0.2, 0.25) is 0 Å². The third-order valence-corrected chi connectivity index (χ3v) is 2.51. The number of benzene rings is 1. The molecule has 1 aromatic rings. The first kappa shape index (κ1) is 14.5. The standard InChI is InChI=1S/C14H20O4/c1-3-5-8-17-10-12-9-11(14(15)16)6-7-13(12)18-4-2/h6-7,9H,3-5,8,10H2,1-2H3,(H,15,16). The average Bonchev–Trinajstić information content (AvgIpc) is 2.36. The van der Waals surface area contributed by atoms with Crippen LogP contribution in [-0.4, -0.2) is 24.3 Å². The van der Waals surface area contributed by atoms with Gasteiger partial charge in [-0.15, -0.1) is 0 Å². The summed E-state index contributed by atoms with van der Waals surface area (Å²) < 4.78 is 11.0. The fourth-order valence-electron chi connectivity index (χ4n) is 1.55. The van der Waals surface area contributed by atoms with E-state index < -0.39 is 5.97 Å². The van der Waals surface area contributed by atoms with E-state index in [1.165, 1.54) is 0 Å². The second-order valence-corrected chi connectivity index (χ2v) is 3.97. The highest BCUT2D eigenvalue weighted by Gasteiger charge is 2.09. The Morgan fingerprint density at radius 1 is 1.33 bits per heavy atom. The van der Waals surface area contributed by atoms with Crippen LogP contribution in [0.4, 0.5) is 0 Å². The maximum absolute atomic E-state index is 10.9. The summed E-state index contributed by atoms with van der Waals surface area (Å²) in [6.45, 7) is 5.61. The number of rotatable bonds is 8. The number of ether oxygens (including phenoxy) is 2. The molecule has 0 aromatic heterocycles. The van der Waals surface area contributed by atoms with Crippen molar-refractivity contribution >= 4 is 5.97 Å². The van der Waals surface area contributed by atoms with Gasteiger partial charge in [0.1, 0.15) is 5.75 Å². The van der Waals surface area contributed by atoms with Crippen molar-refractivity contribution in [3.05, 3.63) is 29.3 Å². The van der Waals surface area contributed by atoms with Crippen molar-refractivity contribution in [3.8, 4) is 5.75 Å². The van der Waals surface area contributed by atoms with Crippen molar-refractivity contribution in [1.82, 2.24) is 0 Å². The lowest BCUT2D eigenvalue weighted by Crippen LogP contribution is -2.03. The molecule has 0 saturated carbocycles. The van der Waals surface area contributed by atoms with Gasteiger partial charge in [0.25, 0.3) is 0 Å². The Balaban J connectivity index is 2.75. The third kappa shape index (κ3) is 4.37. The zero-order valence-electron chi connectivity index (χ0n) is 10.9. The number of carboxylic acid groups (broad SMARTS) is 1. The largest absolute Gasteiger partial charge is 0.494 e. The van der Waals surface area contributed by atoms with Crippen LogP contribution in [0.15, 0.2) is 18.2 Å². The topological polar surface area (TPSA) is 55.8 Å². The van der Waals surface area contributed by atoms with E-state index in [1.54, 1.807) is 18.2 Å². The molecule has 18 heavy (non-hydrogen) atoms. The Kier molecular flexibility index (Phi) is 6.22. The van der Waals surface area contributed by atoms with E-state index >= 15 is 0 Å². The van der Waals surface area contributed by atoms with Gasteiger partial charge in [-0.3, -0.25) is 0 Å². The van der Waals surface area contributed by atoms with Crippen LogP contribution < -0.4 is 4.74 Å². The van der Waals surface area contributed by atoms with Crippen LogP contribution >= 0.6 is 0 Å². The Hall–Kier alpha value is -1.55. The fraction of sp³-hybridized carbons (Fsp3) is 0.500. The monoisotopic (exact) mass is 252 g/mol. The Labute approximate surface area is 108 Å². The first-order valence-electron chi connectivity index (χ1n) is 6.25. The van der Waals surface area contributed by atoms with Crippen LogP contribution in [0.1, 0.15) is 42.6 Å². The number of carboxylic acids is 1. The van der Waals surface area contributed by atoms with Crippen LogP contribution in [0, 0.1) is 0 Å². The van der Waals surface area contributed by atoms with Crippen molar-refractivity contribution < 1.29 is 19.4 Å². The summed E-state index contributed by atoms with van der Waals surface area (Å²) in [7, 11) is 0. The summed E-state index contributed by atoms with van der Waals surface area (Å²) in [5, 5.41) is 8.96. The van der Waals surface area contributed by atoms with Crippen LogP contribution in [0.25, 0.3) is 0 Å². The molecule has 1 aromatic carbocycles. The van der Waals surface area contributed by atoms with Crippen molar-refractivity contribution in [2.24, 2.45) is 0 Å². The molecule has 100 valence electrons. The lowest BCUT2D eigenvalue weighted by atomic mass is 10.1. The van der Waals surface area contributed by atoms with Gasteiger partial charge >= 0.3 is 5.97 Å². The minimum absolute atomic E-state index is 0.257. The van der Waals surface area contributed by atoms with Gasteiger partial charge in [-0.1, -0.05) is 13.3 Å². The molecule has 0 unspecified atom stereocenters. The molecule has 0 aliphatic carbocycles. The highest BCUT2D eigenvalue weighted by Crippen LogP contribution is 2.21. The van der Waals surface area contributed by atoms with Crippen molar-refractivity contribution in [2.45, 2.75) is 33.3 Å². The second kappa shape index (κ2) is 7.71.